The minimum absolute atomic E-state index is 0.0488. The maximum atomic E-state index is 13.3. The predicted molar refractivity (Wildman–Crippen MR) is 117 cm³/mol. The molecule has 2 heterocycles. The Kier molecular flexibility index (Phi) is 4.81. The Morgan fingerprint density at radius 3 is 2.42 bits per heavy atom. The van der Waals surface area contributed by atoms with Crippen molar-refractivity contribution in [2.75, 3.05) is 25.1 Å². The highest BCUT2D eigenvalue weighted by Crippen LogP contribution is 2.41. The number of hydrogen-bond acceptors (Lipinski definition) is 5. The molecule has 0 bridgehead atoms. The largest absolute Gasteiger partial charge is 0.497 e. The average Bonchev–Trinajstić information content (AvgIpc) is 3.26. The van der Waals surface area contributed by atoms with Crippen LogP contribution < -0.4 is 9.64 Å². The van der Waals surface area contributed by atoms with Gasteiger partial charge in [-0.1, -0.05) is 12.8 Å². The average molecular weight is 416 g/mol. The van der Waals surface area contributed by atoms with Crippen LogP contribution in [0.15, 0.2) is 54.9 Å². The van der Waals surface area contributed by atoms with Gasteiger partial charge in [0, 0.05) is 30.2 Å². The molecule has 1 aromatic heterocycles. The number of rotatable bonds is 3. The van der Waals surface area contributed by atoms with E-state index < -0.39 is 0 Å². The molecule has 1 aliphatic carbocycles. The molecule has 158 valence electrons. The van der Waals surface area contributed by atoms with Crippen LogP contribution in [0.4, 0.5) is 5.69 Å². The number of carbonyl (C=O) groups is 2. The molecule has 0 N–H and O–H groups in total. The molecule has 3 aromatic rings. The molecule has 7 heteroatoms. The van der Waals surface area contributed by atoms with E-state index in [1.165, 1.54) is 0 Å². The van der Waals surface area contributed by atoms with Crippen molar-refractivity contribution < 1.29 is 14.3 Å². The lowest BCUT2D eigenvalue weighted by Crippen LogP contribution is -2.65. The highest BCUT2D eigenvalue weighted by atomic mass is 16.5. The van der Waals surface area contributed by atoms with Crippen molar-refractivity contribution in [1.29, 1.82) is 0 Å². The number of piperazine rings is 1. The molecule has 1 saturated heterocycles. The summed E-state index contributed by atoms with van der Waals surface area (Å²) in [6.45, 7) is 0.591. The molecule has 2 aromatic carbocycles. The third kappa shape index (κ3) is 3.40. The summed E-state index contributed by atoms with van der Waals surface area (Å²) in [5, 5.41) is 0. The number of ether oxygens (including phenoxy) is 1. The van der Waals surface area contributed by atoms with Crippen LogP contribution >= 0.6 is 0 Å². The van der Waals surface area contributed by atoms with E-state index in [4.69, 9.17) is 4.74 Å². The number of hydrogen-bond donors (Lipinski definition) is 0. The van der Waals surface area contributed by atoms with Crippen molar-refractivity contribution in [2.45, 2.75) is 31.2 Å². The fourth-order valence-corrected chi connectivity index (χ4v) is 4.97. The molecular formula is C24H24N4O3. The number of aromatic nitrogens is 2. The van der Waals surface area contributed by atoms with Gasteiger partial charge in [0.05, 0.1) is 23.7 Å². The number of amides is 2. The topological polar surface area (TPSA) is 75.6 Å². The number of nitrogens with zero attached hydrogens (tertiary/aromatic N) is 4. The molecule has 0 atom stereocenters. The van der Waals surface area contributed by atoms with Crippen LogP contribution in [0.5, 0.6) is 5.75 Å². The summed E-state index contributed by atoms with van der Waals surface area (Å²) in [6, 6.07) is 12.9. The molecule has 1 saturated carbocycles. The van der Waals surface area contributed by atoms with Gasteiger partial charge in [-0.05, 0) is 55.3 Å². The maximum absolute atomic E-state index is 13.3. The van der Waals surface area contributed by atoms with Crippen LogP contribution in [-0.2, 0) is 4.79 Å². The lowest BCUT2D eigenvalue weighted by Gasteiger charge is -2.48. The van der Waals surface area contributed by atoms with Crippen LogP contribution in [-0.4, -0.2) is 52.4 Å². The molecule has 31 heavy (non-hydrogen) atoms. The Balaban J connectivity index is 1.46. The van der Waals surface area contributed by atoms with Gasteiger partial charge >= 0.3 is 0 Å². The van der Waals surface area contributed by atoms with Crippen molar-refractivity contribution in [1.82, 2.24) is 14.9 Å². The van der Waals surface area contributed by atoms with Crippen LogP contribution in [0.1, 0.15) is 36.0 Å². The van der Waals surface area contributed by atoms with Gasteiger partial charge in [0.1, 0.15) is 12.3 Å². The number of fused-ring (bicyclic) bond motifs is 1. The third-order valence-corrected chi connectivity index (χ3v) is 6.40. The van der Waals surface area contributed by atoms with E-state index in [1.807, 2.05) is 29.2 Å². The van der Waals surface area contributed by atoms with Gasteiger partial charge in [0.15, 0.2) is 0 Å². The molecule has 2 fully saturated rings. The zero-order valence-corrected chi connectivity index (χ0v) is 17.5. The van der Waals surface area contributed by atoms with Crippen molar-refractivity contribution in [3.8, 4) is 5.75 Å². The first-order valence-corrected chi connectivity index (χ1v) is 10.6. The second-order valence-corrected chi connectivity index (χ2v) is 8.28. The fraction of sp³-hybridized carbons (Fsp3) is 0.333. The lowest BCUT2D eigenvalue weighted by atomic mass is 9.90. The Labute approximate surface area is 180 Å². The molecule has 5 rings (SSSR count). The molecule has 2 amide bonds. The second kappa shape index (κ2) is 7.65. The van der Waals surface area contributed by atoms with E-state index in [-0.39, 0.29) is 23.9 Å². The van der Waals surface area contributed by atoms with Crippen LogP contribution in [0, 0.1) is 0 Å². The van der Waals surface area contributed by atoms with Crippen molar-refractivity contribution in [3.05, 3.63) is 60.4 Å². The van der Waals surface area contributed by atoms with E-state index in [2.05, 4.69) is 9.97 Å². The number of carbonyl (C=O) groups excluding carboxylic acids is 2. The van der Waals surface area contributed by atoms with Gasteiger partial charge in [0.2, 0.25) is 5.91 Å². The van der Waals surface area contributed by atoms with Gasteiger partial charge in [-0.3, -0.25) is 19.6 Å². The van der Waals surface area contributed by atoms with E-state index in [0.717, 1.165) is 42.6 Å². The highest BCUT2D eigenvalue weighted by Gasteiger charge is 2.48. The third-order valence-electron chi connectivity index (χ3n) is 6.40. The SMILES string of the molecule is COc1ccc(N2C(=O)CN(C(=O)c3ccc4nccnc4c3)CC23CCCC3)cc1. The first kappa shape index (κ1) is 19.5. The minimum atomic E-state index is -0.365. The second-order valence-electron chi connectivity index (χ2n) is 8.28. The first-order valence-electron chi connectivity index (χ1n) is 10.6. The number of methoxy groups -OCH3 is 1. The first-order chi connectivity index (χ1) is 15.1. The van der Waals surface area contributed by atoms with Crippen LogP contribution in [0.25, 0.3) is 11.0 Å². The molecule has 1 spiro atoms. The highest BCUT2D eigenvalue weighted by molar-refractivity contribution is 6.03. The number of benzene rings is 2. The zero-order valence-electron chi connectivity index (χ0n) is 17.5. The van der Waals surface area contributed by atoms with Gasteiger partial charge < -0.3 is 14.5 Å². The predicted octanol–water partition coefficient (Wildman–Crippen LogP) is 3.44. The van der Waals surface area contributed by atoms with Gasteiger partial charge in [-0.25, -0.2) is 0 Å². The smallest absolute Gasteiger partial charge is 0.254 e. The summed E-state index contributed by atoms with van der Waals surface area (Å²) < 4.78 is 5.26. The molecular weight excluding hydrogens is 392 g/mol. The van der Waals surface area contributed by atoms with Gasteiger partial charge in [-0.15, -0.1) is 0 Å². The normalized spacial score (nSPS) is 18.0. The van der Waals surface area contributed by atoms with E-state index >= 15 is 0 Å². The van der Waals surface area contributed by atoms with Gasteiger partial charge in [-0.2, -0.15) is 0 Å². The quantitative estimate of drug-likeness (QED) is 0.654. The minimum Gasteiger partial charge on any atom is -0.497 e. The monoisotopic (exact) mass is 416 g/mol. The van der Waals surface area contributed by atoms with Crippen molar-refractivity contribution in [3.63, 3.8) is 0 Å². The molecule has 0 unspecified atom stereocenters. The summed E-state index contributed by atoms with van der Waals surface area (Å²) in [4.78, 5) is 38.9. The molecule has 2 aliphatic rings. The Bertz CT molecular complexity index is 1140. The number of anilines is 1. The zero-order chi connectivity index (χ0) is 21.4. The van der Waals surface area contributed by atoms with Crippen molar-refractivity contribution >= 4 is 28.5 Å². The van der Waals surface area contributed by atoms with Crippen molar-refractivity contribution in [2.24, 2.45) is 0 Å². The van der Waals surface area contributed by atoms with E-state index in [9.17, 15) is 9.59 Å². The molecule has 0 radical (unpaired) electrons. The Hall–Kier alpha value is -3.48. The van der Waals surface area contributed by atoms with E-state index in [0.29, 0.717) is 17.6 Å². The molecule has 7 nitrogen and oxygen atoms in total. The van der Waals surface area contributed by atoms with Crippen LogP contribution in [0.3, 0.4) is 0 Å². The van der Waals surface area contributed by atoms with E-state index in [1.54, 1.807) is 42.6 Å². The summed E-state index contributed by atoms with van der Waals surface area (Å²) in [5.41, 5.74) is 2.45. The summed E-state index contributed by atoms with van der Waals surface area (Å²) in [7, 11) is 1.63. The summed E-state index contributed by atoms with van der Waals surface area (Å²) >= 11 is 0. The van der Waals surface area contributed by atoms with Crippen LogP contribution in [0.2, 0.25) is 0 Å². The van der Waals surface area contributed by atoms with Gasteiger partial charge in [0.25, 0.3) is 5.91 Å². The maximum Gasteiger partial charge on any atom is 0.254 e. The Morgan fingerprint density at radius 2 is 1.71 bits per heavy atom. The molecule has 1 aliphatic heterocycles. The summed E-state index contributed by atoms with van der Waals surface area (Å²) in [5.74, 6) is 0.568. The summed E-state index contributed by atoms with van der Waals surface area (Å²) in [6.07, 6.45) is 7.11. The lowest BCUT2D eigenvalue weighted by molar-refractivity contribution is -0.123. The fourth-order valence-electron chi connectivity index (χ4n) is 4.97. The Morgan fingerprint density at radius 1 is 1.00 bits per heavy atom. The standard InChI is InChI=1S/C24H24N4O3/c1-31-19-7-5-18(6-8-19)28-22(29)15-27(16-24(28)10-2-3-11-24)23(30)17-4-9-20-21(14-17)26-13-12-25-20/h4-9,12-14H,2-3,10-11,15-16H2,1H3.